The Morgan fingerprint density at radius 2 is 1.32 bits per heavy atom. The summed E-state index contributed by atoms with van der Waals surface area (Å²) in [5.74, 6) is 0.285. The molecule has 4 aliphatic carbocycles. The molecule has 0 saturated heterocycles. The van der Waals surface area contributed by atoms with Gasteiger partial charge in [-0.15, -0.1) is 0 Å². The van der Waals surface area contributed by atoms with Gasteiger partial charge in [-0.25, -0.2) is 4.79 Å². The van der Waals surface area contributed by atoms with Crippen LogP contribution in [0.2, 0.25) is 0 Å². The fourth-order valence-electron chi connectivity index (χ4n) is 6.70. The van der Waals surface area contributed by atoms with E-state index in [4.69, 9.17) is 0 Å². The van der Waals surface area contributed by atoms with Gasteiger partial charge in [0.15, 0.2) is 0 Å². The number of hydrogen-bond acceptors (Lipinski definition) is 5. The molecule has 0 radical (unpaired) electrons. The summed E-state index contributed by atoms with van der Waals surface area (Å²) in [4.78, 5) is 51.6. The molecule has 4 bridgehead atoms. The van der Waals surface area contributed by atoms with Crippen LogP contribution in [0.15, 0.2) is 0 Å². The summed E-state index contributed by atoms with van der Waals surface area (Å²) < 4.78 is 4.69. The van der Waals surface area contributed by atoms with Crippen LogP contribution in [0.5, 0.6) is 0 Å². The van der Waals surface area contributed by atoms with E-state index in [1.165, 1.54) is 26.4 Å². The lowest BCUT2D eigenvalue weighted by Crippen LogP contribution is -2.61. The zero-order chi connectivity index (χ0) is 25.2. The Labute approximate surface area is 203 Å². The topological polar surface area (TPSA) is 114 Å². The van der Waals surface area contributed by atoms with Crippen LogP contribution in [-0.2, 0) is 23.9 Å². The Hall–Kier alpha value is -2.12. The first kappa shape index (κ1) is 26.5. The van der Waals surface area contributed by atoms with E-state index in [2.05, 4.69) is 20.7 Å². The Morgan fingerprint density at radius 3 is 1.76 bits per heavy atom. The highest BCUT2D eigenvalue weighted by Crippen LogP contribution is 2.60. The van der Waals surface area contributed by atoms with Crippen LogP contribution < -0.4 is 16.0 Å². The predicted octanol–water partition coefficient (Wildman–Crippen LogP) is 2.55. The number of methoxy groups -OCH3 is 1. The summed E-state index contributed by atoms with van der Waals surface area (Å²) >= 11 is 0. The fourth-order valence-corrected chi connectivity index (χ4v) is 6.70. The average Bonchev–Trinajstić information content (AvgIpc) is 2.78. The van der Waals surface area contributed by atoms with Crippen molar-refractivity contribution in [2.75, 3.05) is 7.11 Å². The van der Waals surface area contributed by atoms with Crippen LogP contribution in [0.1, 0.15) is 79.6 Å². The molecule has 0 aromatic heterocycles. The van der Waals surface area contributed by atoms with Crippen LogP contribution in [0.3, 0.4) is 0 Å². The van der Waals surface area contributed by atoms with Crippen molar-refractivity contribution >= 4 is 23.7 Å². The van der Waals surface area contributed by atoms with Gasteiger partial charge in [-0.05, 0) is 75.0 Å². The van der Waals surface area contributed by atoms with E-state index in [-0.39, 0.29) is 29.1 Å². The van der Waals surface area contributed by atoms with Gasteiger partial charge in [0.2, 0.25) is 17.7 Å². The minimum Gasteiger partial charge on any atom is -0.467 e. The molecule has 4 saturated carbocycles. The molecule has 4 fully saturated rings. The molecule has 0 aromatic carbocycles. The number of carbonyl (C=O) groups excluding carboxylic acids is 4. The third kappa shape index (κ3) is 5.57. The number of amides is 3. The van der Waals surface area contributed by atoms with Gasteiger partial charge in [-0.3, -0.25) is 14.4 Å². The molecule has 0 heterocycles. The summed E-state index contributed by atoms with van der Waals surface area (Å²) in [7, 11) is 1.26. The molecule has 0 spiro atoms. The number of ether oxygens (including phenoxy) is 1. The number of nitrogens with one attached hydrogen (secondary N) is 3. The second-order valence-corrected chi connectivity index (χ2v) is 11.5. The molecule has 192 valence electrons. The highest BCUT2D eigenvalue weighted by molar-refractivity contribution is 5.94. The third-order valence-electron chi connectivity index (χ3n) is 8.46. The summed E-state index contributed by atoms with van der Waals surface area (Å²) in [6.07, 6.45) is 7.20. The van der Waals surface area contributed by atoms with Crippen molar-refractivity contribution in [3.05, 3.63) is 0 Å². The van der Waals surface area contributed by atoms with Gasteiger partial charge in [0.05, 0.1) is 7.11 Å². The average molecular weight is 478 g/mol. The van der Waals surface area contributed by atoms with Gasteiger partial charge in [-0.2, -0.15) is 0 Å². The molecule has 8 heteroatoms. The molecule has 8 nitrogen and oxygen atoms in total. The molecule has 3 N–H and O–H groups in total. The second kappa shape index (κ2) is 10.6. The van der Waals surface area contributed by atoms with Crippen LogP contribution in [0.25, 0.3) is 0 Å². The van der Waals surface area contributed by atoms with Gasteiger partial charge in [0, 0.05) is 5.41 Å². The summed E-state index contributed by atoms with van der Waals surface area (Å²) in [5.41, 5.74) is -0.342. The number of esters is 1. The quantitative estimate of drug-likeness (QED) is 0.419. The molecule has 3 amide bonds. The Kier molecular flexibility index (Phi) is 8.30. The van der Waals surface area contributed by atoms with Gasteiger partial charge in [0.1, 0.15) is 18.1 Å². The van der Waals surface area contributed by atoms with E-state index in [1.54, 1.807) is 6.92 Å². The molecule has 4 aliphatic rings. The zero-order valence-electron chi connectivity index (χ0n) is 21.6. The molecule has 0 unspecified atom stereocenters. The second-order valence-electron chi connectivity index (χ2n) is 11.5. The van der Waals surface area contributed by atoms with Crippen molar-refractivity contribution in [2.24, 2.45) is 35.0 Å². The highest BCUT2D eigenvalue weighted by atomic mass is 16.5. The monoisotopic (exact) mass is 477 g/mol. The SMILES string of the molecule is CC[C@H](C)[C@H](NC(=O)[C@@H](NC(=O)C12CC3CC(CC(C3)C1)C2)C(C)C)C(=O)N[C@@H](C)C(=O)OC. The lowest BCUT2D eigenvalue weighted by Gasteiger charge is -2.55. The summed E-state index contributed by atoms with van der Waals surface area (Å²) in [5, 5.41) is 8.59. The first-order valence-electron chi connectivity index (χ1n) is 13.0. The third-order valence-corrected chi connectivity index (χ3v) is 8.46. The predicted molar refractivity (Wildman–Crippen MR) is 128 cm³/mol. The summed E-state index contributed by atoms with van der Waals surface area (Å²) in [6, 6.07) is -2.36. The molecule has 0 aliphatic heterocycles. The maximum atomic E-state index is 13.6. The fraction of sp³-hybridized carbons (Fsp3) is 0.846. The first-order valence-corrected chi connectivity index (χ1v) is 13.0. The van der Waals surface area contributed by atoms with Crippen molar-refractivity contribution in [3.8, 4) is 0 Å². The van der Waals surface area contributed by atoms with Crippen LogP contribution >= 0.6 is 0 Å². The van der Waals surface area contributed by atoms with Crippen molar-refractivity contribution in [1.29, 1.82) is 0 Å². The maximum Gasteiger partial charge on any atom is 0.328 e. The van der Waals surface area contributed by atoms with E-state index < -0.39 is 30.0 Å². The van der Waals surface area contributed by atoms with Gasteiger partial charge < -0.3 is 20.7 Å². The standard InChI is InChI=1S/C26H43N3O5/c1-7-15(4)21(23(31)27-16(5)24(32)34-6)28-22(30)20(14(2)3)29-25(33)26-11-17-8-18(12-26)10-19(9-17)13-26/h14-21H,7-13H2,1-6H3,(H,27,31)(H,28,30)(H,29,33)/t15-,16-,17?,18?,19?,20-,21-,26?/m0/s1. The lowest BCUT2D eigenvalue weighted by molar-refractivity contribution is -0.149. The first-order chi connectivity index (χ1) is 16.0. The number of rotatable bonds is 10. The van der Waals surface area contributed by atoms with Gasteiger partial charge in [-0.1, -0.05) is 34.1 Å². The largest absolute Gasteiger partial charge is 0.467 e. The molecular weight excluding hydrogens is 434 g/mol. The van der Waals surface area contributed by atoms with E-state index in [0.29, 0.717) is 24.2 Å². The highest BCUT2D eigenvalue weighted by Gasteiger charge is 2.55. The Morgan fingerprint density at radius 1 is 0.824 bits per heavy atom. The minimum atomic E-state index is -0.822. The van der Waals surface area contributed by atoms with E-state index in [1.807, 2.05) is 27.7 Å². The van der Waals surface area contributed by atoms with E-state index >= 15 is 0 Å². The summed E-state index contributed by atoms with van der Waals surface area (Å²) in [6.45, 7) is 9.17. The number of hydrogen-bond donors (Lipinski definition) is 3. The van der Waals surface area contributed by atoms with Crippen LogP contribution in [-0.4, -0.2) is 48.9 Å². The smallest absolute Gasteiger partial charge is 0.328 e. The molecule has 4 rings (SSSR count). The minimum absolute atomic E-state index is 0.00399. The van der Waals surface area contributed by atoms with Gasteiger partial charge in [0.25, 0.3) is 0 Å². The molecule has 34 heavy (non-hydrogen) atoms. The van der Waals surface area contributed by atoms with Gasteiger partial charge >= 0.3 is 5.97 Å². The van der Waals surface area contributed by atoms with Crippen molar-refractivity contribution < 1.29 is 23.9 Å². The van der Waals surface area contributed by atoms with E-state index in [0.717, 1.165) is 19.3 Å². The normalized spacial score (nSPS) is 30.7. The van der Waals surface area contributed by atoms with Crippen LogP contribution in [0, 0.1) is 35.0 Å². The molecule has 0 aromatic rings. The Balaban J connectivity index is 1.69. The van der Waals surface area contributed by atoms with Crippen LogP contribution in [0.4, 0.5) is 0 Å². The Bertz CT molecular complexity index is 760. The van der Waals surface area contributed by atoms with Crippen molar-refractivity contribution in [1.82, 2.24) is 16.0 Å². The molecule has 4 atom stereocenters. The lowest BCUT2D eigenvalue weighted by atomic mass is 9.49. The van der Waals surface area contributed by atoms with E-state index in [9.17, 15) is 19.2 Å². The van der Waals surface area contributed by atoms with Crippen molar-refractivity contribution in [3.63, 3.8) is 0 Å². The van der Waals surface area contributed by atoms with Crippen molar-refractivity contribution in [2.45, 2.75) is 97.7 Å². The maximum absolute atomic E-state index is 13.6. The number of carbonyl (C=O) groups is 4. The zero-order valence-corrected chi connectivity index (χ0v) is 21.6. The molecular formula is C26H43N3O5.